The second-order valence-corrected chi connectivity index (χ2v) is 4.33. The third kappa shape index (κ3) is 3.56. The zero-order valence-electron chi connectivity index (χ0n) is 10.4. The van der Waals surface area contributed by atoms with Crippen molar-refractivity contribution in [1.82, 2.24) is 10.3 Å². The minimum absolute atomic E-state index is 0.337. The molecule has 0 saturated carbocycles. The lowest BCUT2D eigenvalue weighted by molar-refractivity contribution is 0.167. The van der Waals surface area contributed by atoms with E-state index in [9.17, 15) is 0 Å². The van der Waals surface area contributed by atoms with Gasteiger partial charge in [-0.3, -0.25) is 4.98 Å². The van der Waals surface area contributed by atoms with Crippen molar-refractivity contribution < 1.29 is 4.74 Å². The second-order valence-electron chi connectivity index (χ2n) is 4.33. The highest BCUT2D eigenvalue weighted by Crippen LogP contribution is 2.17. The van der Waals surface area contributed by atoms with Gasteiger partial charge in [0.25, 0.3) is 0 Å². The van der Waals surface area contributed by atoms with Crippen LogP contribution in [0, 0.1) is 0 Å². The molecule has 0 spiro atoms. The Balaban J connectivity index is 1.89. The van der Waals surface area contributed by atoms with E-state index in [2.05, 4.69) is 28.5 Å². The van der Waals surface area contributed by atoms with Crippen LogP contribution in [0.3, 0.4) is 0 Å². The van der Waals surface area contributed by atoms with E-state index in [0.29, 0.717) is 6.04 Å². The highest BCUT2D eigenvalue weighted by Gasteiger charge is 2.15. The van der Waals surface area contributed by atoms with E-state index in [4.69, 9.17) is 4.74 Å². The number of rotatable bonds is 5. The minimum atomic E-state index is 0.337. The summed E-state index contributed by atoms with van der Waals surface area (Å²) in [5.41, 5.74) is 1.33. The Morgan fingerprint density at radius 3 is 2.88 bits per heavy atom. The van der Waals surface area contributed by atoms with E-state index in [-0.39, 0.29) is 0 Å². The number of hydrogen-bond acceptors (Lipinski definition) is 3. The molecule has 17 heavy (non-hydrogen) atoms. The van der Waals surface area contributed by atoms with E-state index < -0.39 is 0 Å². The molecule has 1 aliphatic heterocycles. The smallest absolute Gasteiger partial charge is 0.109 e. The average molecular weight is 232 g/mol. The highest BCUT2D eigenvalue weighted by molar-refractivity contribution is 5.12. The molecule has 1 aromatic heterocycles. The Kier molecular flexibility index (Phi) is 4.56. The van der Waals surface area contributed by atoms with Crippen LogP contribution in [0.25, 0.3) is 0 Å². The largest absolute Gasteiger partial charge is 0.497 e. The summed E-state index contributed by atoms with van der Waals surface area (Å²) in [4.78, 5) is 4.03. The van der Waals surface area contributed by atoms with Gasteiger partial charge in [0.15, 0.2) is 0 Å². The molecule has 1 aliphatic rings. The summed E-state index contributed by atoms with van der Waals surface area (Å²) in [6.45, 7) is 0.860. The molecule has 1 unspecified atom stereocenters. The molecule has 0 fully saturated rings. The summed E-state index contributed by atoms with van der Waals surface area (Å²) in [6.07, 6.45) is 10.3. The predicted molar refractivity (Wildman–Crippen MR) is 68.7 cm³/mol. The summed E-state index contributed by atoms with van der Waals surface area (Å²) in [6, 6.07) is 4.48. The molecule has 2 heterocycles. The molecule has 0 aromatic carbocycles. The van der Waals surface area contributed by atoms with Crippen molar-refractivity contribution in [2.75, 3.05) is 13.7 Å². The first kappa shape index (κ1) is 12.1. The van der Waals surface area contributed by atoms with Crippen molar-refractivity contribution in [3.8, 4) is 0 Å². The van der Waals surface area contributed by atoms with Gasteiger partial charge >= 0.3 is 0 Å². The maximum atomic E-state index is 5.71. The molecule has 3 heteroatoms. The Morgan fingerprint density at radius 2 is 2.24 bits per heavy atom. The molecular formula is C14H20N2O. The van der Waals surface area contributed by atoms with E-state index in [1.165, 1.54) is 5.56 Å². The quantitative estimate of drug-likeness (QED) is 0.846. The number of pyridine rings is 1. The Morgan fingerprint density at radius 1 is 1.41 bits per heavy atom. The summed E-state index contributed by atoms with van der Waals surface area (Å²) in [5, 5.41) is 3.33. The number of likely N-dealkylation sites (N-methyl/N-ethyl adjacent to an activating group) is 1. The standard InChI is InChI=1S/C14H20N2O/c1-15-13(14-4-2-3-11-17-14)6-5-12-7-9-16-10-8-12/h4,7-10,13,15H,2-3,5-6,11H2,1H3. The van der Waals surface area contributed by atoms with Crippen LogP contribution < -0.4 is 5.32 Å². The van der Waals surface area contributed by atoms with Gasteiger partial charge in [0.05, 0.1) is 12.6 Å². The third-order valence-corrected chi connectivity index (χ3v) is 3.13. The van der Waals surface area contributed by atoms with Crippen molar-refractivity contribution in [2.24, 2.45) is 0 Å². The number of ether oxygens (including phenoxy) is 1. The Bertz CT molecular complexity index is 362. The summed E-state index contributed by atoms with van der Waals surface area (Å²) in [7, 11) is 2.00. The molecule has 1 atom stereocenters. The average Bonchev–Trinajstić information content (AvgIpc) is 2.42. The van der Waals surface area contributed by atoms with Gasteiger partial charge < -0.3 is 10.1 Å². The Labute approximate surface area is 103 Å². The van der Waals surface area contributed by atoms with Crippen LogP contribution in [0.5, 0.6) is 0 Å². The zero-order valence-corrected chi connectivity index (χ0v) is 10.4. The molecule has 0 bridgehead atoms. The second kappa shape index (κ2) is 6.40. The summed E-state index contributed by atoms with van der Waals surface area (Å²) < 4.78 is 5.71. The van der Waals surface area contributed by atoms with E-state index in [1.807, 2.05) is 19.4 Å². The fourth-order valence-electron chi connectivity index (χ4n) is 2.11. The van der Waals surface area contributed by atoms with Crippen LogP contribution >= 0.6 is 0 Å². The first-order chi connectivity index (χ1) is 8.40. The molecule has 2 rings (SSSR count). The molecule has 0 saturated heterocycles. The van der Waals surface area contributed by atoms with Crippen molar-refractivity contribution in [1.29, 1.82) is 0 Å². The van der Waals surface area contributed by atoms with Crippen LogP contribution in [0.4, 0.5) is 0 Å². The van der Waals surface area contributed by atoms with Crippen molar-refractivity contribution in [3.63, 3.8) is 0 Å². The summed E-state index contributed by atoms with van der Waals surface area (Å²) >= 11 is 0. The maximum Gasteiger partial charge on any atom is 0.109 e. The number of aryl methyl sites for hydroxylation is 1. The first-order valence-electron chi connectivity index (χ1n) is 6.29. The van der Waals surface area contributed by atoms with Crippen LogP contribution in [0.2, 0.25) is 0 Å². The van der Waals surface area contributed by atoms with Gasteiger partial charge in [-0.25, -0.2) is 0 Å². The van der Waals surface area contributed by atoms with E-state index in [1.54, 1.807) is 0 Å². The molecule has 1 N–H and O–H groups in total. The number of allylic oxidation sites excluding steroid dienone is 1. The SMILES string of the molecule is CNC(CCc1ccncc1)C1=CCCCO1. The lowest BCUT2D eigenvalue weighted by atomic mass is 10.0. The van der Waals surface area contributed by atoms with Crippen LogP contribution in [-0.2, 0) is 11.2 Å². The van der Waals surface area contributed by atoms with Gasteiger partial charge in [-0.05, 0) is 56.5 Å². The fourth-order valence-corrected chi connectivity index (χ4v) is 2.11. The lowest BCUT2D eigenvalue weighted by Crippen LogP contribution is -2.30. The van der Waals surface area contributed by atoms with Crippen LogP contribution in [0.1, 0.15) is 24.8 Å². The maximum absolute atomic E-state index is 5.71. The van der Waals surface area contributed by atoms with Crippen molar-refractivity contribution in [3.05, 3.63) is 41.9 Å². The molecule has 3 nitrogen and oxygen atoms in total. The lowest BCUT2D eigenvalue weighted by Gasteiger charge is -2.23. The van der Waals surface area contributed by atoms with Gasteiger partial charge in [-0.15, -0.1) is 0 Å². The van der Waals surface area contributed by atoms with Crippen molar-refractivity contribution in [2.45, 2.75) is 31.7 Å². The number of aromatic nitrogens is 1. The van der Waals surface area contributed by atoms with Gasteiger partial charge in [0, 0.05) is 12.4 Å². The minimum Gasteiger partial charge on any atom is -0.497 e. The zero-order chi connectivity index (χ0) is 11.9. The van der Waals surface area contributed by atoms with Crippen LogP contribution in [0.15, 0.2) is 36.4 Å². The Hall–Kier alpha value is -1.35. The number of nitrogens with one attached hydrogen (secondary N) is 1. The number of hydrogen-bond donors (Lipinski definition) is 1. The summed E-state index contributed by atoms with van der Waals surface area (Å²) in [5.74, 6) is 1.12. The monoisotopic (exact) mass is 232 g/mol. The normalized spacial score (nSPS) is 17.1. The van der Waals surface area contributed by atoms with Gasteiger partial charge in [-0.2, -0.15) is 0 Å². The molecule has 0 aliphatic carbocycles. The van der Waals surface area contributed by atoms with Gasteiger partial charge in [-0.1, -0.05) is 0 Å². The molecule has 92 valence electrons. The van der Waals surface area contributed by atoms with Crippen molar-refractivity contribution >= 4 is 0 Å². The molecule has 0 amide bonds. The predicted octanol–water partition coefficient (Wildman–Crippen LogP) is 2.30. The fraction of sp³-hybridized carbons (Fsp3) is 0.500. The van der Waals surface area contributed by atoms with Gasteiger partial charge in [0.1, 0.15) is 5.76 Å². The topological polar surface area (TPSA) is 34.2 Å². The third-order valence-electron chi connectivity index (χ3n) is 3.13. The number of nitrogens with zero attached hydrogens (tertiary/aromatic N) is 1. The molecule has 1 aromatic rings. The van der Waals surface area contributed by atoms with E-state index >= 15 is 0 Å². The first-order valence-corrected chi connectivity index (χ1v) is 6.29. The molecular weight excluding hydrogens is 212 g/mol. The molecule has 0 radical (unpaired) electrons. The van der Waals surface area contributed by atoms with Gasteiger partial charge in [0.2, 0.25) is 0 Å². The van der Waals surface area contributed by atoms with Crippen LogP contribution in [-0.4, -0.2) is 24.7 Å². The highest BCUT2D eigenvalue weighted by atomic mass is 16.5. The van der Waals surface area contributed by atoms with E-state index in [0.717, 1.165) is 38.0 Å².